The zero-order chi connectivity index (χ0) is 8.48. The van der Waals surface area contributed by atoms with Crippen LogP contribution >= 0.6 is 0 Å². The summed E-state index contributed by atoms with van der Waals surface area (Å²) < 4.78 is 34.5. The summed E-state index contributed by atoms with van der Waals surface area (Å²) in [5.74, 6) is -0.625. The molecular formula is C6H8F3NO. The third-order valence-corrected chi connectivity index (χ3v) is 1.41. The topological polar surface area (TPSA) is 29.1 Å². The minimum absolute atomic E-state index is 0.155. The molecule has 0 aliphatic heterocycles. The molecule has 11 heavy (non-hydrogen) atoms. The van der Waals surface area contributed by atoms with E-state index in [-0.39, 0.29) is 5.92 Å². The van der Waals surface area contributed by atoms with Crippen molar-refractivity contribution in [3.63, 3.8) is 0 Å². The van der Waals surface area contributed by atoms with Gasteiger partial charge in [-0.1, -0.05) is 0 Å². The van der Waals surface area contributed by atoms with E-state index in [0.717, 1.165) is 12.8 Å². The first kappa shape index (κ1) is 8.36. The molecule has 64 valence electrons. The summed E-state index contributed by atoms with van der Waals surface area (Å²) >= 11 is 0. The maximum atomic E-state index is 11.5. The lowest BCUT2D eigenvalue weighted by Crippen LogP contribution is -2.34. The van der Waals surface area contributed by atoms with E-state index < -0.39 is 18.6 Å². The Labute approximate surface area is 61.8 Å². The van der Waals surface area contributed by atoms with Crippen LogP contribution in [0.3, 0.4) is 0 Å². The SMILES string of the molecule is O=C(NCC(F)(F)F)C1CC1. The quantitative estimate of drug-likeness (QED) is 0.655. The predicted molar refractivity (Wildman–Crippen MR) is 31.8 cm³/mol. The molecule has 1 N–H and O–H groups in total. The van der Waals surface area contributed by atoms with Crippen LogP contribution in [-0.2, 0) is 4.79 Å². The summed E-state index contributed by atoms with van der Waals surface area (Å²) in [7, 11) is 0. The first-order valence-corrected chi connectivity index (χ1v) is 3.33. The third-order valence-electron chi connectivity index (χ3n) is 1.41. The van der Waals surface area contributed by atoms with Gasteiger partial charge in [0.2, 0.25) is 5.91 Å². The number of halogens is 3. The van der Waals surface area contributed by atoms with Gasteiger partial charge in [-0.2, -0.15) is 13.2 Å². The van der Waals surface area contributed by atoms with Crippen molar-refractivity contribution in [2.75, 3.05) is 6.54 Å². The molecule has 0 bridgehead atoms. The molecule has 5 heteroatoms. The molecule has 0 aromatic heterocycles. The first-order chi connectivity index (χ1) is 4.99. The molecule has 0 aromatic rings. The maximum Gasteiger partial charge on any atom is 0.405 e. The van der Waals surface area contributed by atoms with Crippen molar-refractivity contribution in [2.45, 2.75) is 19.0 Å². The summed E-state index contributed by atoms with van der Waals surface area (Å²) in [6, 6.07) is 0. The number of carbonyl (C=O) groups is 1. The molecule has 1 saturated carbocycles. The molecule has 0 radical (unpaired) electrons. The highest BCUT2D eigenvalue weighted by atomic mass is 19.4. The minimum Gasteiger partial charge on any atom is -0.347 e. The highest BCUT2D eigenvalue weighted by molar-refractivity contribution is 5.80. The largest absolute Gasteiger partial charge is 0.405 e. The van der Waals surface area contributed by atoms with Gasteiger partial charge >= 0.3 is 6.18 Å². The number of alkyl halides is 3. The number of nitrogens with one attached hydrogen (secondary N) is 1. The van der Waals surface area contributed by atoms with Gasteiger partial charge in [-0.05, 0) is 12.8 Å². The van der Waals surface area contributed by atoms with Crippen molar-refractivity contribution in [2.24, 2.45) is 5.92 Å². The lowest BCUT2D eigenvalue weighted by atomic mass is 10.4. The number of amides is 1. The van der Waals surface area contributed by atoms with Crippen LogP contribution in [0, 0.1) is 5.92 Å². The smallest absolute Gasteiger partial charge is 0.347 e. The van der Waals surface area contributed by atoms with Crippen LogP contribution in [0.4, 0.5) is 13.2 Å². The Bertz CT molecular complexity index is 162. The van der Waals surface area contributed by atoms with E-state index in [1.165, 1.54) is 0 Å². The predicted octanol–water partition coefficient (Wildman–Crippen LogP) is 1.07. The van der Waals surface area contributed by atoms with Crippen molar-refractivity contribution in [1.29, 1.82) is 0 Å². The zero-order valence-corrected chi connectivity index (χ0v) is 5.74. The highest BCUT2D eigenvalue weighted by Crippen LogP contribution is 2.28. The lowest BCUT2D eigenvalue weighted by Gasteiger charge is -2.06. The van der Waals surface area contributed by atoms with Crippen molar-refractivity contribution >= 4 is 5.91 Å². The summed E-state index contributed by atoms with van der Waals surface area (Å²) in [4.78, 5) is 10.6. The molecular weight excluding hydrogens is 159 g/mol. The van der Waals surface area contributed by atoms with Crippen LogP contribution in [-0.4, -0.2) is 18.6 Å². The minimum atomic E-state index is -4.29. The molecule has 1 aliphatic carbocycles. The molecule has 0 aromatic carbocycles. The maximum absolute atomic E-state index is 11.5. The molecule has 0 heterocycles. The van der Waals surface area contributed by atoms with Gasteiger partial charge in [-0.25, -0.2) is 0 Å². The number of hydrogen-bond acceptors (Lipinski definition) is 1. The molecule has 0 saturated heterocycles. The van der Waals surface area contributed by atoms with Crippen molar-refractivity contribution in [1.82, 2.24) is 5.32 Å². The number of carbonyl (C=O) groups excluding carboxylic acids is 1. The van der Waals surface area contributed by atoms with Crippen molar-refractivity contribution in [3.8, 4) is 0 Å². The Balaban J connectivity index is 2.16. The van der Waals surface area contributed by atoms with Crippen LogP contribution in [0.15, 0.2) is 0 Å². The lowest BCUT2D eigenvalue weighted by molar-refractivity contribution is -0.139. The summed E-state index contributed by atoms with van der Waals surface area (Å²) in [6.45, 7) is -1.21. The van der Waals surface area contributed by atoms with Gasteiger partial charge in [0.1, 0.15) is 6.54 Å². The molecule has 0 atom stereocenters. The normalized spacial score (nSPS) is 18.1. The molecule has 0 spiro atoms. The van der Waals surface area contributed by atoms with Gasteiger partial charge in [0.25, 0.3) is 0 Å². The fraction of sp³-hybridized carbons (Fsp3) is 0.833. The second kappa shape index (κ2) is 2.71. The van der Waals surface area contributed by atoms with Crippen LogP contribution < -0.4 is 5.32 Å². The monoisotopic (exact) mass is 167 g/mol. The zero-order valence-electron chi connectivity index (χ0n) is 5.74. The van der Waals surface area contributed by atoms with E-state index in [0.29, 0.717) is 0 Å². The van der Waals surface area contributed by atoms with Crippen molar-refractivity contribution < 1.29 is 18.0 Å². The van der Waals surface area contributed by atoms with E-state index in [1.807, 2.05) is 5.32 Å². The first-order valence-electron chi connectivity index (χ1n) is 3.33. The van der Waals surface area contributed by atoms with Crippen LogP contribution in [0.5, 0.6) is 0 Å². The highest BCUT2D eigenvalue weighted by Gasteiger charge is 2.33. The van der Waals surface area contributed by atoms with Crippen LogP contribution in [0.25, 0.3) is 0 Å². The van der Waals surface area contributed by atoms with Gasteiger partial charge in [-0.15, -0.1) is 0 Å². The van der Waals surface area contributed by atoms with Gasteiger partial charge < -0.3 is 5.32 Å². The Morgan fingerprint density at radius 1 is 1.45 bits per heavy atom. The number of hydrogen-bond donors (Lipinski definition) is 1. The van der Waals surface area contributed by atoms with Crippen LogP contribution in [0.2, 0.25) is 0 Å². The van der Waals surface area contributed by atoms with Gasteiger partial charge in [-0.3, -0.25) is 4.79 Å². The average Bonchev–Trinajstić information content (AvgIpc) is 2.61. The Hall–Kier alpha value is -0.740. The molecule has 2 nitrogen and oxygen atoms in total. The Kier molecular flexibility index (Phi) is 2.06. The fourth-order valence-corrected chi connectivity index (χ4v) is 0.677. The molecule has 1 aliphatic rings. The van der Waals surface area contributed by atoms with Gasteiger partial charge in [0.05, 0.1) is 0 Å². The van der Waals surface area contributed by atoms with E-state index in [1.54, 1.807) is 0 Å². The second-order valence-corrected chi connectivity index (χ2v) is 2.61. The third kappa shape index (κ3) is 3.25. The molecule has 1 amide bonds. The van der Waals surface area contributed by atoms with E-state index in [4.69, 9.17) is 0 Å². The summed E-state index contributed by atoms with van der Waals surface area (Å²) in [5.41, 5.74) is 0. The standard InChI is InChI=1S/C6H8F3NO/c7-6(8,9)3-10-5(11)4-1-2-4/h4H,1-3H2,(H,10,11). The van der Waals surface area contributed by atoms with Gasteiger partial charge in [0, 0.05) is 5.92 Å². The van der Waals surface area contributed by atoms with Crippen LogP contribution in [0.1, 0.15) is 12.8 Å². The Morgan fingerprint density at radius 2 is 2.00 bits per heavy atom. The van der Waals surface area contributed by atoms with E-state index in [2.05, 4.69) is 0 Å². The average molecular weight is 167 g/mol. The van der Waals surface area contributed by atoms with Gasteiger partial charge in [0.15, 0.2) is 0 Å². The van der Waals surface area contributed by atoms with E-state index >= 15 is 0 Å². The fourth-order valence-electron chi connectivity index (χ4n) is 0.677. The number of rotatable bonds is 2. The molecule has 0 unspecified atom stereocenters. The van der Waals surface area contributed by atoms with Crippen molar-refractivity contribution in [3.05, 3.63) is 0 Å². The van der Waals surface area contributed by atoms with E-state index in [9.17, 15) is 18.0 Å². The molecule has 1 fully saturated rings. The molecule has 1 rings (SSSR count). The Morgan fingerprint density at radius 3 is 2.36 bits per heavy atom. The second-order valence-electron chi connectivity index (χ2n) is 2.61. The summed E-state index contributed by atoms with van der Waals surface area (Å²) in [6.07, 6.45) is -2.84. The summed E-state index contributed by atoms with van der Waals surface area (Å²) in [5, 5.41) is 1.82.